The number of aliphatic carboxylic acids is 1. The van der Waals surface area contributed by atoms with Gasteiger partial charge in [-0.3, -0.25) is 0 Å². The summed E-state index contributed by atoms with van der Waals surface area (Å²) in [7, 11) is 0. The first-order valence-electron chi connectivity index (χ1n) is 3.06. The number of allylic oxidation sites excluding steroid dienone is 2. The Kier molecular flexibility index (Phi) is 4.76. The zero-order valence-corrected chi connectivity index (χ0v) is 6.49. The predicted molar refractivity (Wildman–Crippen MR) is 34.9 cm³/mol. The van der Waals surface area contributed by atoms with Crippen LogP contribution in [0.3, 0.4) is 0 Å². The van der Waals surface area contributed by atoms with Crippen molar-refractivity contribution < 1.29 is 28.8 Å². The molecule has 0 aromatic rings. The normalized spacial score (nSPS) is 14.4. The Morgan fingerprint density at radius 3 is 2.73 bits per heavy atom. The van der Waals surface area contributed by atoms with Crippen LogP contribution in [-0.2, 0) is 4.79 Å². The van der Waals surface area contributed by atoms with Gasteiger partial charge in [-0.05, 0) is 12.3 Å². The SMILES string of the molecule is O=C([O-])CN1C=CC=CC1.[Li+]. The Balaban J connectivity index is 0.000001000. The number of carbonyl (C=O) groups excluding carboxylic acids is 1. The summed E-state index contributed by atoms with van der Waals surface area (Å²) in [5, 5.41) is 10.1. The van der Waals surface area contributed by atoms with E-state index in [1.54, 1.807) is 17.2 Å². The zero-order chi connectivity index (χ0) is 7.40. The van der Waals surface area contributed by atoms with Crippen LogP contribution in [0.1, 0.15) is 0 Å². The molecule has 0 N–H and O–H groups in total. The van der Waals surface area contributed by atoms with Gasteiger partial charge < -0.3 is 14.8 Å². The molecule has 0 saturated heterocycles. The molecule has 0 aromatic heterocycles. The average molecular weight is 145 g/mol. The topological polar surface area (TPSA) is 43.4 Å². The van der Waals surface area contributed by atoms with Crippen molar-refractivity contribution in [2.24, 2.45) is 0 Å². The van der Waals surface area contributed by atoms with Crippen molar-refractivity contribution in [3.05, 3.63) is 24.4 Å². The number of carboxylic acid groups (broad SMARTS) is 1. The Hall–Kier alpha value is -0.653. The number of nitrogens with zero attached hydrogens (tertiary/aromatic N) is 1. The van der Waals surface area contributed by atoms with E-state index < -0.39 is 5.97 Å². The third kappa shape index (κ3) is 3.92. The van der Waals surface area contributed by atoms with Crippen molar-refractivity contribution in [3.63, 3.8) is 0 Å². The second-order valence-electron chi connectivity index (χ2n) is 2.07. The molecule has 0 unspecified atom stereocenters. The first kappa shape index (κ1) is 10.3. The average Bonchev–Trinajstić information content (AvgIpc) is 1.88. The zero-order valence-electron chi connectivity index (χ0n) is 6.49. The van der Waals surface area contributed by atoms with Crippen LogP contribution in [0.5, 0.6) is 0 Å². The maximum Gasteiger partial charge on any atom is 1.00 e. The van der Waals surface area contributed by atoms with Gasteiger partial charge in [0.05, 0.1) is 12.5 Å². The number of hydrogen-bond donors (Lipinski definition) is 0. The Morgan fingerprint density at radius 1 is 1.55 bits per heavy atom. The van der Waals surface area contributed by atoms with Crippen molar-refractivity contribution in [3.8, 4) is 0 Å². The van der Waals surface area contributed by atoms with E-state index in [1.807, 2.05) is 12.2 Å². The predicted octanol–water partition coefficient (Wildman–Crippen LogP) is -3.87. The van der Waals surface area contributed by atoms with E-state index in [9.17, 15) is 9.90 Å². The van der Waals surface area contributed by atoms with Crippen molar-refractivity contribution in [1.82, 2.24) is 4.90 Å². The smallest absolute Gasteiger partial charge is 0.548 e. The van der Waals surface area contributed by atoms with Crippen molar-refractivity contribution in [2.75, 3.05) is 13.1 Å². The molecule has 1 aliphatic heterocycles. The van der Waals surface area contributed by atoms with E-state index >= 15 is 0 Å². The Bertz CT molecular complexity index is 189. The van der Waals surface area contributed by atoms with Gasteiger partial charge in [0.2, 0.25) is 0 Å². The fraction of sp³-hybridized carbons (Fsp3) is 0.286. The van der Waals surface area contributed by atoms with Crippen molar-refractivity contribution >= 4 is 5.97 Å². The summed E-state index contributed by atoms with van der Waals surface area (Å²) in [6.45, 7) is 0.630. The van der Waals surface area contributed by atoms with E-state index in [-0.39, 0.29) is 25.4 Å². The quantitative estimate of drug-likeness (QED) is 0.373. The van der Waals surface area contributed by atoms with Gasteiger partial charge in [0, 0.05) is 6.54 Å². The summed E-state index contributed by atoms with van der Waals surface area (Å²) < 4.78 is 0. The third-order valence-corrected chi connectivity index (χ3v) is 1.22. The molecule has 0 radical (unpaired) electrons. The number of carbonyl (C=O) groups is 1. The van der Waals surface area contributed by atoms with E-state index in [1.165, 1.54) is 0 Å². The summed E-state index contributed by atoms with van der Waals surface area (Å²) in [5.41, 5.74) is 0. The van der Waals surface area contributed by atoms with Crippen LogP contribution >= 0.6 is 0 Å². The fourth-order valence-electron chi connectivity index (χ4n) is 0.790. The van der Waals surface area contributed by atoms with E-state index in [2.05, 4.69) is 0 Å². The van der Waals surface area contributed by atoms with Gasteiger partial charge in [0.25, 0.3) is 0 Å². The molecule has 0 fully saturated rings. The van der Waals surface area contributed by atoms with Crippen molar-refractivity contribution in [2.45, 2.75) is 0 Å². The van der Waals surface area contributed by atoms with Crippen LogP contribution < -0.4 is 24.0 Å². The minimum Gasteiger partial charge on any atom is -0.548 e. The van der Waals surface area contributed by atoms with E-state index in [4.69, 9.17) is 0 Å². The number of hydrogen-bond acceptors (Lipinski definition) is 3. The summed E-state index contributed by atoms with van der Waals surface area (Å²) in [4.78, 5) is 11.7. The largest absolute Gasteiger partial charge is 1.00 e. The maximum atomic E-state index is 10.1. The first-order chi connectivity index (χ1) is 4.79. The van der Waals surface area contributed by atoms with E-state index in [0.717, 1.165) is 0 Å². The molecule has 0 saturated carbocycles. The summed E-state index contributed by atoms with van der Waals surface area (Å²) in [6.07, 6.45) is 7.30. The number of rotatable bonds is 2. The van der Waals surface area contributed by atoms with Crippen LogP contribution in [0.15, 0.2) is 24.4 Å². The molecule has 4 heteroatoms. The van der Waals surface area contributed by atoms with Crippen LogP contribution in [0.25, 0.3) is 0 Å². The molecule has 11 heavy (non-hydrogen) atoms. The second-order valence-corrected chi connectivity index (χ2v) is 2.07. The minimum absolute atomic E-state index is 0. The molecule has 1 aliphatic rings. The summed E-state index contributed by atoms with van der Waals surface area (Å²) >= 11 is 0. The molecule has 0 amide bonds. The molecule has 0 bridgehead atoms. The van der Waals surface area contributed by atoms with Crippen LogP contribution in [0.2, 0.25) is 0 Å². The van der Waals surface area contributed by atoms with Crippen LogP contribution in [0.4, 0.5) is 0 Å². The van der Waals surface area contributed by atoms with Gasteiger partial charge in [-0.1, -0.05) is 12.2 Å². The van der Waals surface area contributed by atoms with Crippen LogP contribution in [0, 0.1) is 0 Å². The minimum atomic E-state index is -1.04. The molecule has 0 spiro atoms. The fourth-order valence-corrected chi connectivity index (χ4v) is 0.790. The molecule has 0 aliphatic carbocycles. The Labute approximate surface area is 77.6 Å². The van der Waals surface area contributed by atoms with E-state index in [0.29, 0.717) is 6.54 Å². The van der Waals surface area contributed by atoms with Crippen molar-refractivity contribution in [1.29, 1.82) is 0 Å². The molecule has 1 rings (SSSR count). The van der Waals surface area contributed by atoms with Gasteiger partial charge in [-0.25, -0.2) is 0 Å². The maximum absolute atomic E-state index is 10.1. The number of carboxylic acids is 1. The molecule has 1 heterocycles. The van der Waals surface area contributed by atoms with Crippen LogP contribution in [-0.4, -0.2) is 24.0 Å². The standard InChI is InChI=1S/C7H9NO2.Li/c9-7(10)6-8-4-2-1-3-5-8;/h1-4H,5-6H2,(H,9,10);/q;+1/p-1. The molecular formula is C7H8LiNO2. The van der Waals surface area contributed by atoms with Gasteiger partial charge >= 0.3 is 18.9 Å². The molecule has 0 aromatic carbocycles. The molecular weight excluding hydrogens is 137 g/mol. The van der Waals surface area contributed by atoms with Gasteiger partial charge in [-0.2, -0.15) is 0 Å². The molecule has 54 valence electrons. The summed E-state index contributed by atoms with van der Waals surface area (Å²) in [6, 6.07) is 0. The van der Waals surface area contributed by atoms with Gasteiger partial charge in [0.15, 0.2) is 0 Å². The summed E-state index contributed by atoms with van der Waals surface area (Å²) in [5.74, 6) is -1.04. The monoisotopic (exact) mass is 145 g/mol. The molecule has 0 atom stereocenters. The first-order valence-corrected chi connectivity index (χ1v) is 3.06. The van der Waals surface area contributed by atoms with Gasteiger partial charge in [0.1, 0.15) is 0 Å². The van der Waals surface area contributed by atoms with Gasteiger partial charge in [-0.15, -0.1) is 0 Å². The third-order valence-electron chi connectivity index (χ3n) is 1.22. The Morgan fingerprint density at radius 2 is 2.27 bits per heavy atom. The molecule has 3 nitrogen and oxygen atoms in total. The second kappa shape index (κ2) is 5.06.